The van der Waals surface area contributed by atoms with Gasteiger partial charge in [-0.15, -0.1) is 0 Å². The maximum Gasteiger partial charge on any atom is 0.0964 e. The molecule has 1 aliphatic carbocycles. The first kappa shape index (κ1) is 16.1. The van der Waals surface area contributed by atoms with Crippen LogP contribution in [0.25, 0.3) is 0 Å². The second kappa shape index (κ2) is 9.06. The van der Waals surface area contributed by atoms with Crippen LogP contribution in [0.5, 0.6) is 0 Å². The molecule has 0 heterocycles. The lowest BCUT2D eigenvalue weighted by molar-refractivity contribution is -0.0370. The number of allylic oxidation sites excluding steroid dienone is 2. The molecule has 2 nitrogen and oxygen atoms in total. The van der Waals surface area contributed by atoms with Gasteiger partial charge in [0, 0.05) is 5.41 Å². The molecule has 0 radical (unpaired) electrons. The van der Waals surface area contributed by atoms with E-state index in [2.05, 4.69) is 6.92 Å². The molecule has 1 unspecified atom stereocenters. The van der Waals surface area contributed by atoms with Crippen molar-refractivity contribution in [3.05, 3.63) is 24.7 Å². The van der Waals surface area contributed by atoms with E-state index in [1.54, 1.807) is 0 Å². The SMILES string of the molecule is CC=COCC1(COC=CC)CCCCC1CCC. The third-order valence-corrected chi connectivity index (χ3v) is 4.19. The fraction of sp³-hybridized carbons (Fsp3) is 0.765. The Morgan fingerprint density at radius 3 is 2.21 bits per heavy atom. The van der Waals surface area contributed by atoms with Crippen molar-refractivity contribution in [2.75, 3.05) is 13.2 Å². The van der Waals surface area contributed by atoms with Gasteiger partial charge in [0.15, 0.2) is 0 Å². The van der Waals surface area contributed by atoms with E-state index in [0.29, 0.717) is 0 Å². The summed E-state index contributed by atoms with van der Waals surface area (Å²) in [6, 6.07) is 0. The van der Waals surface area contributed by atoms with Gasteiger partial charge in [0.1, 0.15) is 0 Å². The Balaban J connectivity index is 2.72. The molecule has 0 N–H and O–H groups in total. The van der Waals surface area contributed by atoms with Gasteiger partial charge in [-0.1, -0.05) is 38.3 Å². The Kier molecular flexibility index (Phi) is 7.69. The molecule has 1 aliphatic rings. The molecule has 0 amide bonds. The molecule has 1 atom stereocenters. The average molecular weight is 266 g/mol. The van der Waals surface area contributed by atoms with Crippen molar-refractivity contribution in [2.45, 2.75) is 59.3 Å². The van der Waals surface area contributed by atoms with Crippen LogP contribution < -0.4 is 0 Å². The normalized spacial score (nSPS) is 28.1. The smallest absolute Gasteiger partial charge is 0.0964 e. The quantitative estimate of drug-likeness (QED) is 0.571. The van der Waals surface area contributed by atoms with Crippen molar-refractivity contribution in [2.24, 2.45) is 11.3 Å². The molecule has 0 aromatic carbocycles. The van der Waals surface area contributed by atoms with Crippen molar-refractivity contribution in [3.63, 3.8) is 0 Å². The first-order valence-corrected chi connectivity index (χ1v) is 7.74. The van der Waals surface area contributed by atoms with Gasteiger partial charge in [-0.2, -0.15) is 0 Å². The monoisotopic (exact) mass is 266 g/mol. The maximum atomic E-state index is 5.75. The standard InChI is InChI=1S/C17H30O2/c1-4-9-16-10-7-8-11-17(16,14-18-12-5-2)15-19-13-6-3/h5-6,12-13,16H,4,7-11,14-15H2,1-3H3. The second-order valence-electron chi connectivity index (χ2n) is 5.65. The van der Waals surface area contributed by atoms with E-state index in [1.807, 2.05) is 38.5 Å². The van der Waals surface area contributed by atoms with Crippen LogP contribution in [0.2, 0.25) is 0 Å². The van der Waals surface area contributed by atoms with Gasteiger partial charge in [-0.3, -0.25) is 0 Å². The minimum atomic E-state index is 0.202. The summed E-state index contributed by atoms with van der Waals surface area (Å²) in [5.74, 6) is 0.738. The van der Waals surface area contributed by atoms with Crippen molar-refractivity contribution in [1.82, 2.24) is 0 Å². The minimum Gasteiger partial charge on any atom is -0.501 e. The molecule has 0 aromatic heterocycles. The van der Waals surface area contributed by atoms with Crippen molar-refractivity contribution < 1.29 is 9.47 Å². The lowest BCUT2D eigenvalue weighted by Gasteiger charge is -2.43. The molecule has 0 saturated heterocycles. The fourth-order valence-electron chi connectivity index (χ4n) is 3.22. The molecule has 2 heteroatoms. The number of hydrogen-bond donors (Lipinski definition) is 0. The summed E-state index contributed by atoms with van der Waals surface area (Å²) >= 11 is 0. The van der Waals surface area contributed by atoms with Crippen LogP contribution in [0, 0.1) is 11.3 Å². The number of rotatable bonds is 8. The Morgan fingerprint density at radius 2 is 1.68 bits per heavy atom. The highest BCUT2D eigenvalue weighted by Gasteiger charge is 2.41. The lowest BCUT2D eigenvalue weighted by atomic mass is 9.65. The molecule has 0 spiro atoms. The van der Waals surface area contributed by atoms with E-state index in [4.69, 9.17) is 9.47 Å². The van der Waals surface area contributed by atoms with E-state index in [9.17, 15) is 0 Å². The highest BCUT2D eigenvalue weighted by molar-refractivity contribution is 4.91. The zero-order valence-electron chi connectivity index (χ0n) is 12.9. The largest absolute Gasteiger partial charge is 0.501 e. The first-order valence-electron chi connectivity index (χ1n) is 7.74. The Hall–Kier alpha value is -0.920. The summed E-state index contributed by atoms with van der Waals surface area (Å²) in [6.07, 6.45) is 15.3. The van der Waals surface area contributed by atoms with E-state index in [1.165, 1.54) is 38.5 Å². The highest BCUT2D eigenvalue weighted by Crippen LogP contribution is 2.44. The van der Waals surface area contributed by atoms with Gasteiger partial charge in [-0.25, -0.2) is 0 Å². The summed E-state index contributed by atoms with van der Waals surface area (Å²) in [5, 5.41) is 0. The van der Waals surface area contributed by atoms with Crippen LogP contribution in [-0.4, -0.2) is 13.2 Å². The van der Waals surface area contributed by atoms with Crippen molar-refractivity contribution in [3.8, 4) is 0 Å². The van der Waals surface area contributed by atoms with E-state index < -0.39 is 0 Å². The summed E-state index contributed by atoms with van der Waals surface area (Å²) in [7, 11) is 0. The van der Waals surface area contributed by atoms with Gasteiger partial charge < -0.3 is 9.47 Å². The predicted octanol–water partition coefficient (Wildman–Crippen LogP) is 5.06. The van der Waals surface area contributed by atoms with Crippen LogP contribution >= 0.6 is 0 Å². The van der Waals surface area contributed by atoms with Crippen LogP contribution in [-0.2, 0) is 9.47 Å². The lowest BCUT2D eigenvalue weighted by Crippen LogP contribution is -2.41. The van der Waals surface area contributed by atoms with Crippen LogP contribution in [0.3, 0.4) is 0 Å². The van der Waals surface area contributed by atoms with Crippen LogP contribution in [0.15, 0.2) is 24.7 Å². The summed E-state index contributed by atoms with van der Waals surface area (Å²) in [6.45, 7) is 7.85. The number of ether oxygens (including phenoxy) is 2. The summed E-state index contributed by atoms with van der Waals surface area (Å²) in [4.78, 5) is 0. The molecule has 1 saturated carbocycles. The Bertz CT molecular complexity index is 263. The van der Waals surface area contributed by atoms with E-state index in [-0.39, 0.29) is 5.41 Å². The summed E-state index contributed by atoms with van der Waals surface area (Å²) < 4.78 is 11.5. The molecule has 1 fully saturated rings. The van der Waals surface area contributed by atoms with Gasteiger partial charge in [0.25, 0.3) is 0 Å². The molecule has 19 heavy (non-hydrogen) atoms. The van der Waals surface area contributed by atoms with Gasteiger partial charge in [0.2, 0.25) is 0 Å². The van der Waals surface area contributed by atoms with Crippen molar-refractivity contribution >= 4 is 0 Å². The zero-order valence-corrected chi connectivity index (χ0v) is 12.9. The van der Waals surface area contributed by atoms with Gasteiger partial charge in [-0.05, 0) is 39.0 Å². The number of hydrogen-bond acceptors (Lipinski definition) is 2. The third-order valence-electron chi connectivity index (χ3n) is 4.19. The molecule has 0 bridgehead atoms. The molecule has 0 aromatic rings. The minimum absolute atomic E-state index is 0.202. The fourth-order valence-corrected chi connectivity index (χ4v) is 3.22. The topological polar surface area (TPSA) is 18.5 Å². The van der Waals surface area contributed by atoms with Crippen LogP contribution in [0.4, 0.5) is 0 Å². The highest BCUT2D eigenvalue weighted by atomic mass is 16.5. The van der Waals surface area contributed by atoms with E-state index >= 15 is 0 Å². The average Bonchev–Trinajstić information content (AvgIpc) is 2.42. The first-order chi connectivity index (χ1) is 9.29. The molecular weight excluding hydrogens is 236 g/mol. The van der Waals surface area contributed by atoms with Gasteiger partial charge in [0.05, 0.1) is 25.7 Å². The second-order valence-corrected chi connectivity index (χ2v) is 5.65. The molecule has 1 rings (SSSR count). The van der Waals surface area contributed by atoms with E-state index in [0.717, 1.165) is 19.1 Å². The maximum absolute atomic E-state index is 5.75. The van der Waals surface area contributed by atoms with Crippen LogP contribution in [0.1, 0.15) is 59.3 Å². The Labute approximate surface area is 118 Å². The Morgan fingerprint density at radius 1 is 1.05 bits per heavy atom. The zero-order chi connectivity index (χ0) is 14.0. The predicted molar refractivity (Wildman–Crippen MR) is 80.8 cm³/mol. The summed E-state index contributed by atoms with van der Waals surface area (Å²) in [5.41, 5.74) is 0.202. The third kappa shape index (κ3) is 4.93. The molecule has 0 aliphatic heterocycles. The van der Waals surface area contributed by atoms with Gasteiger partial charge >= 0.3 is 0 Å². The molecule has 110 valence electrons. The molecular formula is C17H30O2. The van der Waals surface area contributed by atoms with Crippen molar-refractivity contribution in [1.29, 1.82) is 0 Å².